The summed E-state index contributed by atoms with van der Waals surface area (Å²) in [6.07, 6.45) is 1.06. The molecule has 2 rings (SSSR count). The monoisotopic (exact) mass is 295 g/mol. The number of ether oxygens (including phenoxy) is 1. The standard InChI is InChI=1S/C14H21N3O2S/c1-19-12-9-10(3-4-11(12)18)13(14(15)20)17-7-2-5-16-6-8-17/h3-4,9,13,16,18H,2,5-8H2,1H3,(H2,15,20). The molecule has 0 radical (unpaired) electrons. The van der Waals surface area contributed by atoms with Crippen molar-refractivity contribution in [2.24, 2.45) is 5.73 Å². The van der Waals surface area contributed by atoms with Crippen molar-refractivity contribution in [2.45, 2.75) is 12.5 Å². The van der Waals surface area contributed by atoms with E-state index in [4.69, 9.17) is 22.7 Å². The van der Waals surface area contributed by atoms with E-state index < -0.39 is 0 Å². The number of methoxy groups -OCH3 is 1. The number of aromatic hydroxyl groups is 1. The summed E-state index contributed by atoms with van der Waals surface area (Å²) >= 11 is 5.25. The molecule has 1 aliphatic heterocycles. The number of hydrogen-bond donors (Lipinski definition) is 3. The summed E-state index contributed by atoms with van der Waals surface area (Å²) in [5, 5.41) is 13.1. The minimum absolute atomic E-state index is 0.121. The van der Waals surface area contributed by atoms with Gasteiger partial charge in [-0.2, -0.15) is 0 Å². The molecule has 0 aromatic heterocycles. The van der Waals surface area contributed by atoms with Crippen molar-refractivity contribution >= 4 is 17.2 Å². The van der Waals surface area contributed by atoms with Crippen LogP contribution in [0.3, 0.4) is 0 Å². The van der Waals surface area contributed by atoms with Gasteiger partial charge in [-0.1, -0.05) is 18.3 Å². The maximum absolute atomic E-state index is 9.70. The van der Waals surface area contributed by atoms with Crippen molar-refractivity contribution in [3.63, 3.8) is 0 Å². The normalized spacial score (nSPS) is 18.2. The summed E-state index contributed by atoms with van der Waals surface area (Å²) < 4.78 is 5.16. The van der Waals surface area contributed by atoms with E-state index >= 15 is 0 Å². The third kappa shape index (κ3) is 3.39. The van der Waals surface area contributed by atoms with Crippen molar-refractivity contribution in [1.82, 2.24) is 10.2 Å². The van der Waals surface area contributed by atoms with Crippen LogP contribution in [0.15, 0.2) is 18.2 Å². The van der Waals surface area contributed by atoms with Crippen LogP contribution < -0.4 is 15.8 Å². The van der Waals surface area contributed by atoms with E-state index in [1.54, 1.807) is 12.1 Å². The van der Waals surface area contributed by atoms with E-state index in [0.717, 1.165) is 38.2 Å². The highest BCUT2D eigenvalue weighted by atomic mass is 32.1. The molecule has 1 aromatic rings. The fourth-order valence-electron chi connectivity index (χ4n) is 2.54. The molecule has 0 bridgehead atoms. The largest absolute Gasteiger partial charge is 0.504 e. The first-order valence-corrected chi connectivity index (χ1v) is 7.15. The molecule has 1 heterocycles. The maximum atomic E-state index is 9.70. The van der Waals surface area contributed by atoms with Crippen LogP contribution in [0, 0.1) is 0 Å². The molecule has 0 aliphatic carbocycles. The van der Waals surface area contributed by atoms with Crippen LogP contribution in [-0.2, 0) is 0 Å². The third-order valence-electron chi connectivity index (χ3n) is 3.53. The lowest BCUT2D eigenvalue weighted by Gasteiger charge is -2.30. The van der Waals surface area contributed by atoms with E-state index in [9.17, 15) is 5.11 Å². The van der Waals surface area contributed by atoms with Crippen LogP contribution in [0.4, 0.5) is 0 Å². The molecule has 0 amide bonds. The number of nitrogens with zero attached hydrogens (tertiary/aromatic N) is 1. The second-order valence-electron chi connectivity index (χ2n) is 4.88. The van der Waals surface area contributed by atoms with E-state index in [-0.39, 0.29) is 11.8 Å². The summed E-state index contributed by atoms with van der Waals surface area (Å²) in [4.78, 5) is 2.72. The highest BCUT2D eigenvalue weighted by Gasteiger charge is 2.24. The van der Waals surface area contributed by atoms with Crippen molar-refractivity contribution in [2.75, 3.05) is 33.3 Å². The Morgan fingerprint density at radius 1 is 1.45 bits per heavy atom. The van der Waals surface area contributed by atoms with Gasteiger partial charge in [0.25, 0.3) is 0 Å². The van der Waals surface area contributed by atoms with Crippen LogP contribution in [0.25, 0.3) is 0 Å². The first-order valence-electron chi connectivity index (χ1n) is 6.74. The molecule has 5 nitrogen and oxygen atoms in total. The van der Waals surface area contributed by atoms with Crippen LogP contribution in [0.5, 0.6) is 11.5 Å². The average Bonchev–Trinajstić information content (AvgIpc) is 2.69. The van der Waals surface area contributed by atoms with Crippen LogP contribution in [0.2, 0.25) is 0 Å². The minimum atomic E-state index is -0.126. The van der Waals surface area contributed by atoms with Gasteiger partial charge in [-0.15, -0.1) is 0 Å². The zero-order valence-electron chi connectivity index (χ0n) is 11.6. The number of phenolic OH excluding ortho intramolecular Hbond substituents is 1. The zero-order chi connectivity index (χ0) is 14.5. The minimum Gasteiger partial charge on any atom is -0.504 e. The molecule has 4 N–H and O–H groups in total. The fraction of sp³-hybridized carbons (Fsp3) is 0.500. The first-order chi connectivity index (χ1) is 9.63. The van der Waals surface area contributed by atoms with Gasteiger partial charge in [0.1, 0.15) is 0 Å². The molecule has 1 aromatic carbocycles. The maximum Gasteiger partial charge on any atom is 0.160 e. The quantitative estimate of drug-likeness (QED) is 0.721. The van der Waals surface area contributed by atoms with Crippen LogP contribution in [0.1, 0.15) is 18.0 Å². The summed E-state index contributed by atoms with van der Waals surface area (Å²) in [6, 6.07) is 5.15. The number of nitrogens with two attached hydrogens (primary N) is 1. The van der Waals surface area contributed by atoms with Gasteiger partial charge >= 0.3 is 0 Å². The highest BCUT2D eigenvalue weighted by Crippen LogP contribution is 2.31. The SMILES string of the molecule is COc1cc(C(C(N)=S)N2CCCNCC2)ccc1O. The molecule has 0 saturated carbocycles. The number of rotatable bonds is 4. The second kappa shape index (κ2) is 6.88. The predicted molar refractivity (Wildman–Crippen MR) is 83.2 cm³/mol. The highest BCUT2D eigenvalue weighted by molar-refractivity contribution is 7.80. The Balaban J connectivity index is 2.30. The van der Waals surface area contributed by atoms with Gasteiger partial charge in [0, 0.05) is 19.6 Å². The lowest BCUT2D eigenvalue weighted by Crippen LogP contribution is -2.39. The summed E-state index contributed by atoms with van der Waals surface area (Å²) in [5.41, 5.74) is 6.90. The Hall–Kier alpha value is -1.37. The number of thiocarbonyl (C=S) groups is 1. The second-order valence-corrected chi connectivity index (χ2v) is 5.35. The summed E-state index contributed by atoms with van der Waals surface area (Å²) in [5.74, 6) is 0.562. The summed E-state index contributed by atoms with van der Waals surface area (Å²) in [7, 11) is 1.53. The molecule has 0 spiro atoms. The molecule has 1 fully saturated rings. The summed E-state index contributed by atoms with van der Waals surface area (Å²) in [6.45, 7) is 3.77. The first kappa shape index (κ1) is 15.0. The van der Waals surface area contributed by atoms with Crippen molar-refractivity contribution in [3.05, 3.63) is 23.8 Å². The Kier molecular flexibility index (Phi) is 5.17. The molecular formula is C14H21N3O2S. The molecule has 1 saturated heterocycles. The van der Waals surface area contributed by atoms with E-state index in [1.165, 1.54) is 7.11 Å². The van der Waals surface area contributed by atoms with Gasteiger partial charge in [0.2, 0.25) is 0 Å². The van der Waals surface area contributed by atoms with Gasteiger partial charge in [-0.05, 0) is 30.7 Å². The molecule has 1 unspecified atom stereocenters. The molecule has 6 heteroatoms. The number of hydrogen-bond acceptors (Lipinski definition) is 5. The average molecular weight is 295 g/mol. The van der Waals surface area contributed by atoms with E-state index in [2.05, 4.69) is 10.2 Å². The van der Waals surface area contributed by atoms with Crippen LogP contribution in [-0.4, -0.2) is 48.3 Å². The van der Waals surface area contributed by atoms with E-state index in [0.29, 0.717) is 10.7 Å². The van der Waals surface area contributed by atoms with Gasteiger partial charge in [-0.3, -0.25) is 4.90 Å². The Morgan fingerprint density at radius 2 is 2.25 bits per heavy atom. The molecule has 1 atom stereocenters. The fourth-order valence-corrected chi connectivity index (χ4v) is 2.83. The van der Waals surface area contributed by atoms with Gasteiger partial charge in [0.05, 0.1) is 18.1 Å². The predicted octanol–water partition coefficient (Wildman–Crippen LogP) is 1.02. The van der Waals surface area contributed by atoms with Gasteiger partial charge < -0.3 is 20.9 Å². The number of benzene rings is 1. The molecular weight excluding hydrogens is 274 g/mol. The topological polar surface area (TPSA) is 70.8 Å². The Morgan fingerprint density at radius 3 is 2.95 bits per heavy atom. The van der Waals surface area contributed by atoms with Crippen molar-refractivity contribution < 1.29 is 9.84 Å². The van der Waals surface area contributed by atoms with Crippen molar-refractivity contribution in [1.29, 1.82) is 0 Å². The number of phenols is 1. The molecule has 110 valence electrons. The lowest BCUT2D eigenvalue weighted by molar-refractivity contribution is 0.261. The van der Waals surface area contributed by atoms with Gasteiger partial charge in [0.15, 0.2) is 11.5 Å². The van der Waals surface area contributed by atoms with E-state index in [1.807, 2.05) is 6.07 Å². The smallest absolute Gasteiger partial charge is 0.160 e. The number of nitrogens with one attached hydrogen (secondary N) is 1. The van der Waals surface area contributed by atoms with Crippen LogP contribution >= 0.6 is 12.2 Å². The molecule has 1 aliphatic rings. The zero-order valence-corrected chi connectivity index (χ0v) is 12.4. The third-order valence-corrected chi connectivity index (χ3v) is 3.75. The lowest BCUT2D eigenvalue weighted by atomic mass is 10.0. The van der Waals surface area contributed by atoms with Crippen molar-refractivity contribution in [3.8, 4) is 11.5 Å². The molecule has 20 heavy (non-hydrogen) atoms. The Labute approximate surface area is 124 Å². The van der Waals surface area contributed by atoms with Gasteiger partial charge in [-0.25, -0.2) is 0 Å². The Bertz CT molecular complexity index is 473.